The maximum atomic E-state index is 12.5. The topological polar surface area (TPSA) is 74.6 Å². The van der Waals surface area contributed by atoms with Crippen LogP contribution in [-0.2, 0) is 27.7 Å². The molecule has 0 bridgehead atoms. The molecule has 1 aromatic heterocycles. The van der Waals surface area contributed by atoms with Crippen LogP contribution >= 0.6 is 0 Å². The molecule has 0 saturated heterocycles. The van der Waals surface area contributed by atoms with Crippen LogP contribution in [0.4, 0.5) is 0 Å². The monoisotopic (exact) mass is 289 g/mol. The van der Waals surface area contributed by atoms with E-state index >= 15 is 0 Å². The quantitative estimate of drug-likeness (QED) is 0.789. The Bertz CT molecular complexity index is 775. The largest absolute Gasteiger partial charge is 0.469 e. The van der Waals surface area contributed by atoms with E-state index in [0.29, 0.717) is 10.9 Å². The Morgan fingerprint density at radius 2 is 1.81 bits per heavy atom. The number of esters is 2. The lowest BCUT2D eigenvalue weighted by molar-refractivity contribution is -0.139. The summed E-state index contributed by atoms with van der Waals surface area (Å²) in [5.41, 5.74) is 0.324. The predicted molar refractivity (Wildman–Crippen MR) is 76.2 cm³/mol. The van der Waals surface area contributed by atoms with Crippen LogP contribution in [-0.4, -0.2) is 30.7 Å². The molecular formula is C15H15NO5. The number of aryl methyl sites for hydroxylation is 1. The van der Waals surface area contributed by atoms with Gasteiger partial charge in [0.25, 0.3) is 0 Å². The number of ether oxygens (including phenoxy) is 2. The Kier molecular flexibility index (Phi) is 4.07. The average molecular weight is 289 g/mol. The van der Waals surface area contributed by atoms with Crippen LogP contribution in [0, 0.1) is 0 Å². The Morgan fingerprint density at radius 3 is 2.43 bits per heavy atom. The number of methoxy groups -OCH3 is 2. The summed E-state index contributed by atoms with van der Waals surface area (Å²) < 4.78 is 10.9. The van der Waals surface area contributed by atoms with Crippen molar-refractivity contribution in [3.8, 4) is 0 Å². The van der Waals surface area contributed by atoms with Gasteiger partial charge in [0.15, 0.2) is 0 Å². The van der Waals surface area contributed by atoms with Gasteiger partial charge in [0.1, 0.15) is 5.56 Å². The van der Waals surface area contributed by atoms with E-state index in [1.54, 1.807) is 35.9 Å². The molecule has 0 fully saturated rings. The molecule has 1 aromatic carbocycles. The van der Waals surface area contributed by atoms with E-state index in [4.69, 9.17) is 0 Å². The molecule has 0 unspecified atom stereocenters. The number of fused-ring (bicyclic) bond motifs is 1. The van der Waals surface area contributed by atoms with Gasteiger partial charge in [-0.1, -0.05) is 12.1 Å². The number of para-hydroxylation sites is 1. The Morgan fingerprint density at radius 1 is 1.14 bits per heavy atom. The number of aromatic nitrogens is 1. The molecule has 0 aliphatic carbocycles. The summed E-state index contributed by atoms with van der Waals surface area (Å²) in [5, 5.41) is 0.397. The molecule has 1 heterocycles. The number of nitrogens with zero attached hydrogens (tertiary/aromatic N) is 1. The summed E-state index contributed by atoms with van der Waals surface area (Å²) in [4.78, 5) is 36.0. The van der Waals surface area contributed by atoms with Crippen molar-refractivity contribution >= 4 is 22.8 Å². The summed E-state index contributed by atoms with van der Waals surface area (Å²) in [6.45, 7) is 0. The molecule has 0 N–H and O–H groups in total. The van der Waals surface area contributed by atoms with Gasteiger partial charge in [-0.3, -0.25) is 9.59 Å². The van der Waals surface area contributed by atoms with Gasteiger partial charge in [0.2, 0.25) is 5.43 Å². The summed E-state index contributed by atoms with van der Waals surface area (Å²) >= 11 is 0. The SMILES string of the molecule is COC(=O)Cc1c(C(=O)OC)c(=O)c2ccccc2n1C. The van der Waals surface area contributed by atoms with Gasteiger partial charge in [-0.2, -0.15) is 0 Å². The van der Waals surface area contributed by atoms with Crippen molar-refractivity contribution < 1.29 is 19.1 Å². The zero-order chi connectivity index (χ0) is 15.6. The van der Waals surface area contributed by atoms with Crippen LogP contribution in [0.25, 0.3) is 10.9 Å². The van der Waals surface area contributed by atoms with Crippen molar-refractivity contribution in [3.05, 3.63) is 45.7 Å². The summed E-state index contributed by atoms with van der Waals surface area (Å²) in [5.74, 6) is -1.30. The number of carbonyl (C=O) groups excluding carboxylic acids is 2. The predicted octanol–water partition coefficient (Wildman–Crippen LogP) is 1.04. The molecule has 0 radical (unpaired) electrons. The Hall–Kier alpha value is -2.63. The summed E-state index contributed by atoms with van der Waals surface area (Å²) in [7, 11) is 4.13. The molecule has 0 spiro atoms. The summed E-state index contributed by atoms with van der Waals surface area (Å²) in [6, 6.07) is 6.87. The smallest absolute Gasteiger partial charge is 0.343 e. The average Bonchev–Trinajstić information content (AvgIpc) is 2.51. The van der Waals surface area contributed by atoms with E-state index < -0.39 is 17.4 Å². The van der Waals surface area contributed by atoms with Gasteiger partial charge in [-0.25, -0.2) is 4.79 Å². The number of benzene rings is 1. The molecule has 2 rings (SSSR count). The van der Waals surface area contributed by atoms with Gasteiger partial charge in [0, 0.05) is 18.1 Å². The zero-order valence-corrected chi connectivity index (χ0v) is 12.0. The minimum Gasteiger partial charge on any atom is -0.469 e. The third-order valence-electron chi connectivity index (χ3n) is 3.36. The van der Waals surface area contributed by atoms with E-state index in [9.17, 15) is 14.4 Å². The lowest BCUT2D eigenvalue weighted by atomic mass is 10.1. The lowest BCUT2D eigenvalue weighted by Crippen LogP contribution is -2.26. The zero-order valence-electron chi connectivity index (χ0n) is 12.0. The van der Waals surface area contributed by atoms with Crippen molar-refractivity contribution in [2.75, 3.05) is 14.2 Å². The van der Waals surface area contributed by atoms with Gasteiger partial charge in [-0.05, 0) is 12.1 Å². The van der Waals surface area contributed by atoms with E-state index in [1.807, 2.05) is 0 Å². The lowest BCUT2D eigenvalue weighted by Gasteiger charge is -2.15. The molecule has 0 atom stereocenters. The molecule has 0 aliphatic heterocycles. The first-order valence-corrected chi connectivity index (χ1v) is 6.27. The molecule has 2 aromatic rings. The summed E-state index contributed by atoms with van der Waals surface area (Å²) in [6.07, 6.45) is -0.183. The second-order valence-electron chi connectivity index (χ2n) is 4.47. The minimum atomic E-state index is -0.764. The molecule has 6 nitrogen and oxygen atoms in total. The van der Waals surface area contributed by atoms with Crippen LogP contribution < -0.4 is 5.43 Å². The van der Waals surface area contributed by atoms with Crippen molar-refractivity contribution in [1.82, 2.24) is 4.57 Å². The third kappa shape index (κ3) is 2.52. The highest BCUT2D eigenvalue weighted by molar-refractivity contribution is 5.96. The first-order valence-electron chi connectivity index (χ1n) is 6.27. The number of hydrogen-bond acceptors (Lipinski definition) is 5. The third-order valence-corrected chi connectivity index (χ3v) is 3.36. The van der Waals surface area contributed by atoms with E-state index in [0.717, 1.165) is 0 Å². The van der Waals surface area contributed by atoms with Crippen LogP contribution in [0.5, 0.6) is 0 Å². The molecule has 110 valence electrons. The fourth-order valence-electron chi connectivity index (χ4n) is 2.27. The first kappa shape index (κ1) is 14.8. The number of rotatable bonds is 3. The number of carbonyl (C=O) groups is 2. The van der Waals surface area contributed by atoms with Crippen LogP contribution in [0.3, 0.4) is 0 Å². The van der Waals surface area contributed by atoms with Crippen molar-refractivity contribution in [2.45, 2.75) is 6.42 Å². The maximum Gasteiger partial charge on any atom is 0.343 e. The van der Waals surface area contributed by atoms with Crippen LogP contribution in [0.15, 0.2) is 29.1 Å². The van der Waals surface area contributed by atoms with Crippen molar-refractivity contribution in [1.29, 1.82) is 0 Å². The van der Waals surface area contributed by atoms with Crippen LogP contribution in [0.2, 0.25) is 0 Å². The molecule has 0 aliphatic rings. The Labute approximate surface area is 120 Å². The second kappa shape index (κ2) is 5.78. The highest BCUT2D eigenvalue weighted by Gasteiger charge is 2.23. The van der Waals surface area contributed by atoms with Gasteiger partial charge in [0.05, 0.1) is 26.2 Å². The van der Waals surface area contributed by atoms with Crippen LogP contribution in [0.1, 0.15) is 16.1 Å². The van der Waals surface area contributed by atoms with E-state index in [-0.39, 0.29) is 17.7 Å². The van der Waals surface area contributed by atoms with Gasteiger partial charge < -0.3 is 14.0 Å². The van der Waals surface area contributed by atoms with Gasteiger partial charge >= 0.3 is 11.9 Å². The fraction of sp³-hybridized carbons (Fsp3) is 0.267. The number of hydrogen-bond donors (Lipinski definition) is 0. The second-order valence-corrected chi connectivity index (χ2v) is 4.47. The normalized spacial score (nSPS) is 10.4. The highest BCUT2D eigenvalue weighted by atomic mass is 16.5. The molecule has 6 heteroatoms. The molecule has 21 heavy (non-hydrogen) atoms. The minimum absolute atomic E-state index is 0.135. The van der Waals surface area contributed by atoms with Gasteiger partial charge in [-0.15, -0.1) is 0 Å². The van der Waals surface area contributed by atoms with Crippen molar-refractivity contribution in [3.63, 3.8) is 0 Å². The highest BCUT2D eigenvalue weighted by Crippen LogP contribution is 2.16. The maximum absolute atomic E-state index is 12.5. The number of pyridine rings is 1. The van der Waals surface area contributed by atoms with E-state index in [2.05, 4.69) is 9.47 Å². The van der Waals surface area contributed by atoms with E-state index in [1.165, 1.54) is 14.2 Å². The first-order chi connectivity index (χ1) is 10.0. The fourth-order valence-corrected chi connectivity index (χ4v) is 2.27. The molecule has 0 saturated carbocycles. The van der Waals surface area contributed by atoms with Crippen molar-refractivity contribution in [2.24, 2.45) is 7.05 Å². The Balaban J connectivity index is 2.85. The standard InChI is InChI=1S/C15H15NO5/c1-16-10-7-5-4-6-9(10)14(18)13(15(19)21-3)11(16)8-12(17)20-2/h4-7H,8H2,1-3H3. The molecule has 0 amide bonds. The molecular weight excluding hydrogens is 274 g/mol.